The summed E-state index contributed by atoms with van der Waals surface area (Å²) in [5.41, 5.74) is 0. The van der Waals surface area contributed by atoms with Crippen molar-refractivity contribution in [2.24, 2.45) is 0 Å². The predicted molar refractivity (Wildman–Crippen MR) is 192 cm³/mol. The standard InChI is InChI=1S/C40H77ClO2/c1-2-3-4-5-6-7-8-9-10-12-15-18-21-24-27-30-33-36-39(42)37-34-31-28-25-22-19-16-13-11-14-17-20-23-26-29-32-35-38-40(41)43/h2-38H2,1H3. The molecule has 0 heterocycles. The average Bonchev–Trinajstić information content (AvgIpc) is 2.99. The van der Waals surface area contributed by atoms with E-state index >= 15 is 0 Å². The zero-order chi connectivity index (χ0) is 31.3. The third-order valence-corrected chi connectivity index (χ3v) is 9.58. The van der Waals surface area contributed by atoms with Gasteiger partial charge >= 0.3 is 0 Å². The topological polar surface area (TPSA) is 34.1 Å². The molecule has 0 fully saturated rings. The second-order valence-electron chi connectivity index (χ2n) is 13.8. The van der Waals surface area contributed by atoms with Gasteiger partial charge in [0.2, 0.25) is 5.24 Å². The van der Waals surface area contributed by atoms with Gasteiger partial charge in [-0.3, -0.25) is 9.59 Å². The van der Waals surface area contributed by atoms with Crippen LogP contribution in [0, 0.1) is 0 Å². The Bertz CT molecular complexity index is 561. The molecule has 0 saturated carbocycles. The Kier molecular flexibility index (Phi) is 37.5. The van der Waals surface area contributed by atoms with Gasteiger partial charge in [0.05, 0.1) is 0 Å². The lowest BCUT2D eigenvalue weighted by molar-refractivity contribution is -0.119. The van der Waals surface area contributed by atoms with E-state index < -0.39 is 0 Å². The van der Waals surface area contributed by atoms with E-state index in [0.29, 0.717) is 12.2 Å². The quantitative estimate of drug-likeness (QED) is 0.0505. The maximum absolute atomic E-state index is 12.2. The third-order valence-electron chi connectivity index (χ3n) is 9.39. The highest BCUT2D eigenvalue weighted by atomic mass is 35.5. The van der Waals surface area contributed by atoms with E-state index in [1.807, 2.05) is 0 Å². The fourth-order valence-electron chi connectivity index (χ4n) is 6.41. The van der Waals surface area contributed by atoms with Gasteiger partial charge in [0.1, 0.15) is 5.78 Å². The van der Waals surface area contributed by atoms with Crippen LogP contribution in [0.4, 0.5) is 0 Å². The second kappa shape index (κ2) is 37.8. The smallest absolute Gasteiger partial charge is 0.221 e. The van der Waals surface area contributed by atoms with Gasteiger partial charge in [-0.05, 0) is 30.9 Å². The van der Waals surface area contributed by atoms with Gasteiger partial charge in [0.25, 0.3) is 0 Å². The predicted octanol–water partition coefficient (Wildman–Crippen LogP) is 14.8. The van der Waals surface area contributed by atoms with Crippen LogP contribution in [-0.4, -0.2) is 11.0 Å². The number of hydrogen-bond donors (Lipinski definition) is 0. The van der Waals surface area contributed by atoms with E-state index in [4.69, 9.17) is 11.6 Å². The van der Waals surface area contributed by atoms with Crippen LogP contribution in [0.2, 0.25) is 0 Å². The molecule has 0 amide bonds. The molecule has 0 unspecified atom stereocenters. The van der Waals surface area contributed by atoms with E-state index in [9.17, 15) is 9.59 Å². The van der Waals surface area contributed by atoms with Crippen molar-refractivity contribution in [3.05, 3.63) is 0 Å². The van der Waals surface area contributed by atoms with E-state index in [1.54, 1.807) is 0 Å². The zero-order valence-electron chi connectivity index (χ0n) is 29.4. The van der Waals surface area contributed by atoms with Crippen LogP contribution in [0.3, 0.4) is 0 Å². The van der Waals surface area contributed by atoms with Crippen LogP contribution in [0.5, 0.6) is 0 Å². The molecule has 0 aromatic rings. The third kappa shape index (κ3) is 39.6. The second-order valence-corrected chi connectivity index (χ2v) is 14.2. The normalized spacial score (nSPS) is 11.4. The van der Waals surface area contributed by atoms with Crippen molar-refractivity contribution in [3.8, 4) is 0 Å². The monoisotopic (exact) mass is 625 g/mol. The highest BCUT2D eigenvalue weighted by molar-refractivity contribution is 6.63. The summed E-state index contributed by atoms with van der Waals surface area (Å²) in [5, 5.41) is -0.186. The van der Waals surface area contributed by atoms with Gasteiger partial charge in [0, 0.05) is 19.3 Å². The summed E-state index contributed by atoms with van der Waals surface area (Å²) in [6.45, 7) is 2.29. The molecule has 0 rings (SSSR count). The summed E-state index contributed by atoms with van der Waals surface area (Å²) in [6.07, 6.45) is 48.1. The molecule has 0 atom stereocenters. The van der Waals surface area contributed by atoms with Gasteiger partial charge in [-0.1, -0.05) is 206 Å². The number of unbranched alkanes of at least 4 members (excludes halogenated alkanes) is 32. The van der Waals surface area contributed by atoms with E-state index in [2.05, 4.69) is 6.92 Å². The molecule has 0 N–H and O–H groups in total. The zero-order valence-corrected chi connectivity index (χ0v) is 30.1. The van der Waals surface area contributed by atoms with Crippen LogP contribution >= 0.6 is 11.6 Å². The minimum atomic E-state index is -0.186. The molecule has 3 heteroatoms. The number of halogens is 1. The first kappa shape index (κ1) is 42.6. The first-order valence-corrected chi connectivity index (χ1v) is 20.2. The van der Waals surface area contributed by atoms with Gasteiger partial charge in [-0.2, -0.15) is 0 Å². The van der Waals surface area contributed by atoms with Crippen LogP contribution in [0.25, 0.3) is 0 Å². The molecule has 0 radical (unpaired) electrons. The lowest BCUT2D eigenvalue weighted by Crippen LogP contribution is -1.97. The summed E-state index contributed by atoms with van der Waals surface area (Å²) >= 11 is 5.36. The molecule has 0 aliphatic rings. The Balaban J connectivity index is 3.15. The Labute approximate surface area is 276 Å². The SMILES string of the molecule is CCCCCCCCCCCCCCCCCCCC(=O)CCCCCCCCCCCCCCCCCCCC(=O)Cl. The summed E-state index contributed by atoms with van der Waals surface area (Å²) in [4.78, 5) is 22.9. The molecule has 0 aliphatic heterocycles. The number of hydrogen-bond acceptors (Lipinski definition) is 2. The Morgan fingerprint density at radius 3 is 0.698 bits per heavy atom. The van der Waals surface area contributed by atoms with E-state index in [0.717, 1.165) is 38.5 Å². The molecule has 0 aromatic heterocycles. The molecule has 0 aliphatic carbocycles. The number of ketones is 1. The minimum absolute atomic E-state index is 0.186. The summed E-state index contributed by atoms with van der Waals surface area (Å²) in [5.74, 6) is 0.515. The lowest BCUT2D eigenvalue weighted by Gasteiger charge is -2.05. The van der Waals surface area contributed by atoms with Gasteiger partial charge < -0.3 is 0 Å². The van der Waals surface area contributed by atoms with Gasteiger partial charge in [-0.15, -0.1) is 0 Å². The minimum Gasteiger partial charge on any atom is -0.300 e. The van der Waals surface area contributed by atoms with E-state index in [1.165, 1.54) is 193 Å². The van der Waals surface area contributed by atoms with Gasteiger partial charge in [0.15, 0.2) is 0 Å². The number of carbonyl (C=O) groups excluding carboxylic acids is 2. The first-order valence-electron chi connectivity index (χ1n) is 19.9. The largest absolute Gasteiger partial charge is 0.300 e. The van der Waals surface area contributed by atoms with Crippen molar-refractivity contribution in [1.82, 2.24) is 0 Å². The number of carbonyl (C=O) groups is 2. The number of rotatable bonds is 38. The fraction of sp³-hybridized carbons (Fsp3) is 0.950. The fourth-order valence-corrected chi connectivity index (χ4v) is 6.54. The highest BCUT2D eigenvalue weighted by Crippen LogP contribution is 2.17. The van der Waals surface area contributed by atoms with Crippen molar-refractivity contribution in [2.45, 2.75) is 244 Å². The van der Waals surface area contributed by atoms with Crippen molar-refractivity contribution in [1.29, 1.82) is 0 Å². The maximum Gasteiger partial charge on any atom is 0.221 e. The number of Topliss-reactive ketones (excluding diaryl/α,β-unsaturated/α-hetero) is 1. The Hall–Kier alpha value is -0.370. The van der Waals surface area contributed by atoms with Crippen LogP contribution in [0.1, 0.15) is 244 Å². The Morgan fingerprint density at radius 2 is 0.488 bits per heavy atom. The molecule has 0 saturated heterocycles. The van der Waals surface area contributed by atoms with Crippen molar-refractivity contribution in [3.63, 3.8) is 0 Å². The molecule has 0 spiro atoms. The van der Waals surface area contributed by atoms with Crippen LogP contribution < -0.4 is 0 Å². The molecular weight excluding hydrogens is 548 g/mol. The average molecular weight is 626 g/mol. The molecule has 43 heavy (non-hydrogen) atoms. The highest BCUT2D eigenvalue weighted by Gasteiger charge is 2.02. The molecule has 0 aromatic carbocycles. The van der Waals surface area contributed by atoms with Crippen LogP contribution in [0.15, 0.2) is 0 Å². The van der Waals surface area contributed by atoms with E-state index in [-0.39, 0.29) is 5.24 Å². The van der Waals surface area contributed by atoms with Gasteiger partial charge in [-0.25, -0.2) is 0 Å². The summed E-state index contributed by atoms with van der Waals surface area (Å²) in [6, 6.07) is 0. The molecular formula is C40H77ClO2. The van der Waals surface area contributed by atoms with Crippen molar-refractivity contribution < 1.29 is 9.59 Å². The van der Waals surface area contributed by atoms with Crippen LogP contribution in [-0.2, 0) is 9.59 Å². The Morgan fingerprint density at radius 1 is 0.302 bits per heavy atom. The lowest BCUT2D eigenvalue weighted by atomic mass is 10.0. The molecule has 256 valence electrons. The molecule has 0 bridgehead atoms. The summed E-state index contributed by atoms with van der Waals surface area (Å²) in [7, 11) is 0. The summed E-state index contributed by atoms with van der Waals surface area (Å²) < 4.78 is 0. The van der Waals surface area contributed by atoms with Crippen molar-refractivity contribution in [2.75, 3.05) is 0 Å². The first-order chi connectivity index (χ1) is 21.2. The molecule has 2 nitrogen and oxygen atoms in total. The van der Waals surface area contributed by atoms with Crippen molar-refractivity contribution >= 4 is 22.6 Å². The maximum atomic E-state index is 12.2.